The van der Waals surface area contributed by atoms with E-state index in [1.807, 2.05) is 11.3 Å². The summed E-state index contributed by atoms with van der Waals surface area (Å²) in [7, 11) is 0. The fourth-order valence-electron chi connectivity index (χ4n) is 2.65. The third-order valence-electron chi connectivity index (χ3n) is 3.70. The summed E-state index contributed by atoms with van der Waals surface area (Å²) in [5.41, 5.74) is 0. The van der Waals surface area contributed by atoms with Gasteiger partial charge in [0.15, 0.2) is 0 Å². The lowest BCUT2D eigenvalue weighted by molar-refractivity contribution is 0.0954. The molecule has 1 aromatic heterocycles. The molecule has 0 bridgehead atoms. The number of hydrogen-bond donors (Lipinski definition) is 1. The number of ether oxygens (including phenoxy) is 1. The average Bonchev–Trinajstić information content (AvgIpc) is 2.94. The van der Waals surface area contributed by atoms with E-state index in [4.69, 9.17) is 4.74 Å². The third-order valence-corrected chi connectivity index (χ3v) is 5.65. The van der Waals surface area contributed by atoms with Crippen LogP contribution in [0.25, 0.3) is 0 Å². The van der Waals surface area contributed by atoms with Crippen molar-refractivity contribution in [1.82, 2.24) is 5.32 Å². The molecule has 3 atom stereocenters. The molecule has 3 unspecified atom stereocenters. The molecule has 1 aromatic rings. The Bertz CT molecular complexity index is 368. The zero-order valence-corrected chi connectivity index (χ0v) is 13.5. The van der Waals surface area contributed by atoms with Gasteiger partial charge in [-0.15, -0.1) is 11.3 Å². The second-order valence-corrected chi connectivity index (χ2v) is 6.84. The molecule has 1 saturated heterocycles. The maximum Gasteiger partial charge on any atom is 0.0590 e. The average molecular weight is 332 g/mol. The topological polar surface area (TPSA) is 21.3 Å². The lowest BCUT2D eigenvalue weighted by Gasteiger charge is -2.26. The van der Waals surface area contributed by atoms with Gasteiger partial charge in [-0.05, 0) is 60.1 Å². The SMILES string of the molecule is CCCNC(Cc1sccc1Br)C1CCOC1C. The Morgan fingerprint density at radius 2 is 2.44 bits per heavy atom. The Morgan fingerprint density at radius 1 is 1.61 bits per heavy atom. The van der Waals surface area contributed by atoms with Crippen molar-refractivity contribution in [2.45, 2.75) is 45.3 Å². The zero-order chi connectivity index (χ0) is 13.0. The van der Waals surface area contributed by atoms with Crippen molar-refractivity contribution in [2.75, 3.05) is 13.2 Å². The molecule has 1 aliphatic rings. The highest BCUT2D eigenvalue weighted by atomic mass is 79.9. The van der Waals surface area contributed by atoms with Gasteiger partial charge in [-0.1, -0.05) is 6.92 Å². The molecule has 0 saturated carbocycles. The van der Waals surface area contributed by atoms with E-state index in [2.05, 4.69) is 46.5 Å². The van der Waals surface area contributed by atoms with E-state index in [9.17, 15) is 0 Å². The van der Waals surface area contributed by atoms with E-state index in [1.165, 1.54) is 22.2 Å². The van der Waals surface area contributed by atoms with Crippen LogP contribution in [-0.4, -0.2) is 25.3 Å². The van der Waals surface area contributed by atoms with Gasteiger partial charge in [0, 0.05) is 27.9 Å². The first-order valence-electron chi connectivity index (χ1n) is 6.79. The first-order chi connectivity index (χ1) is 8.72. The van der Waals surface area contributed by atoms with Crippen molar-refractivity contribution < 1.29 is 4.74 Å². The zero-order valence-electron chi connectivity index (χ0n) is 11.1. The summed E-state index contributed by atoms with van der Waals surface area (Å²) in [4.78, 5) is 1.45. The summed E-state index contributed by atoms with van der Waals surface area (Å²) in [5.74, 6) is 0.644. The van der Waals surface area contributed by atoms with Crippen molar-refractivity contribution in [3.63, 3.8) is 0 Å². The number of hydrogen-bond acceptors (Lipinski definition) is 3. The molecule has 102 valence electrons. The largest absolute Gasteiger partial charge is 0.378 e. The predicted octanol–water partition coefficient (Wildman–Crippen LogP) is 3.85. The molecule has 2 rings (SSSR count). The Balaban J connectivity index is 2.02. The van der Waals surface area contributed by atoms with Crippen LogP contribution in [0.2, 0.25) is 0 Å². The van der Waals surface area contributed by atoms with E-state index >= 15 is 0 Å². The van der Waals surface area contributed by atoms with Crippen LogP contribution in [0.3, 0.4) is 0 Å². The fourth-order valence-corrected chi connectivity index (χ4v) is 4.23. The molecule has 1 N–H and O–H groups in total. The molecule has 1 fully saturated rings. The van der Waals surface area contributed by atoms with Crippen molar-refractivity contribution in [3.05, 3.63) is 20.8 Å². The fraction of sp³-hybridized carbons (Fsp3) is 0.714. The van der Waals surface area contributed by atoms with Gasteiger partial charge in [-0.3, -0.25) is 0 Å². The highest BCUT2D eigenvalue weighted by Gasteiger charge is 2.31. The van der Waals surface area contributed by atoms with Crippen LogP contribution in [0, 0.1) is 5.92 Å². The standard InChI is InChI=1S/C14H22BrNOS/c1-3-6-16-13(11-4-7-17-10(11)2)9-14-12(15)5-8-18-14/h5,8,10-11,13,16H,3-4,6-7,9H2,1-2H3. The van der Waals surface area contributed by atoms with E-state index in [0.717, 1.165) is 19.6 Å². The lowest BCUT2D eigenvalue weighted by atomic mass is 9.90. The Morgan fingerprint density at radius 3 is 3.00 bits per heavy atom. The molecule has 0 radical (unpaired) electrons. The Labute approximate surface area is 122 Å². The van der Waals surface area contributed by atoms with Crippen LogP contribution in [0.15, 0.2) is 15.9 Å². The second kappa shape index (κ2) is 7.04. The van der Waals surface area contributed by atoms with Crippen LogP contribution in [0.1, 0.15) is 31.6 Å². The molecule has 1 aliphatic heterocycles. The van der Waals surface area contributed by atoms with Crippen LogP contribution < -0.4 is 5.32 Å². The first kappa shape index (κ1) is 14.5. The normalized spacial score (nSPS) is 25.5. The molecule has 0 spiro atoms. The minimum Gasteiger partial charge on any atom is -0.378 e. The van der Waals surface area contributed by atoms with E-state index in [-0.39, 0.29) is 0 Å². The van der Waals surface area contributed by atoms with Gasteiger partial charge in [-0.2, -0.15) is 0 Å². The van der Waals surface area contributed by atoms with Crippen molar-refractivity contribution in [2.24, 2.45) is 5.92 Å². The summed E-state index contributed by atoms with van der Waals surface area (Å²) < 4.78 is 6.98. The summed E-state index contributed by atoms with van der Waals surface area (Å²) in [6, 6.07) is 2.68. The quantitative estimate of drug-likeness (QED) is 0.854. The summed E-state index contributed by atoms with van der Waals surface area (Å²) in [6.45, 7) is 6.44. The third kappa shape index (κ3) is 3.56. The summed E-state index contributed by atoms with van der Waals surface area (Å²) >= 11 is 5.48. The van der Waals surface area contributed by atoms with Crippen molar-refractivity contribution in [1.29, 1.82) is 0 Å². The van der Waals surface area contributed by atoms with Gasteiger partial charge in [0.05, 0.1) is 6.10 Å². The van der Waals surface area contributed by atoms with Gasteiger partial charge >= 0.3 is 0 Å². The molecule has 2 nitrogen and oxygen atoms in total. The molecule has 2 heterocycles. The number of thiophene rings is 1. The Hall–Kier alpha value is 0.1000. The second-order valence-electron chi connectivity index (χ2n) is 4.98. The molecule has 0 aromatic carbocycles. The van der Waals surface area contributed by atoms with Crippen LogP contribution >= 0.6 is 27.3 Å². The van der Waals surface area contributed by atoms with E-state index < -0.39 is 0 Å². The van der Waals surface area contributed by atoms with Crippen molar-refractivity contribution >= 4 is 27.3 Å². The monoisotopic (exact) mass is 331 g/mol. The molecule has 18 heavy (non-hydrogen) atoms. The maximum absolute atomic E-state index is 5.73. The number of halogens is 1. The van der Waals surface area contributed by atoms with Crippen LogP contribution in [0.4, 0.5) is 0 Å². The highest BCUT2D eigenvalue weighted by Crippen LogP contribution is 2.30. The van der Waals surface area contributed by atoms with Crippen LogP contribution in [0.5, 0.6) is 0 Å². The molecular weight excluding hydrogens is 310 g/mol. The molecule has 0 amide bonds. The van der Waals surface area contributed by atoms with Gasteiger partial charge in [-0.25, -0.2) is 0 Å². The van der Waals surface area contributed by atoms with Gasteiger partial charge in [0.25, 0.3) is 0 Å². The van der Waals surface area contributed by atoms with Crippen LogP contribution in [-0.2, 0) is 11.2 Å². The van der Waals surface area contributed by atoms with Crippen molar-refractivity contribution in [3.8, 4) is 0 Å². The number of rotatable bonds is 6. The maximum atomic E-state index is 5.73. The minimum absolute atomic E-state index is 0.387. The molecule has 4 heteroatoms. The summed E-state index contributed by atoms with van der Waals surface area (Å²) in [6.07, 6.45) is 3.87. The molecular formula is C14H22BrNOS. The highest BCUT2D eigenvalue weighted by molar-refractivity contribution is 9.10. The van der Waals surface area contributed by atoms with E-state index in [0.29, 0.717) is 18.1 Å². The smallest absolute Gasteiger partial charge is 0.0590 e. The van der Waals surface area contributed by atoms with E-state index in [1.54, 1.807) is 0 Å². The summed E-state index contributed by atoms with van der Waals surface area (Å²) in [5, 5.41) is 5.87. The minimum atomic E-state index is 0.387. The van der Waals surface area contributed by atoms with Gasteiger partial charge < -0.3 is 10.1 Å². The van der Waals surface area contributed by atoms with Gasteiger partial charge in [0.2, 0.25) is 0 Å². The molecule has 0 aliphatic carbocycles. The lowest BCUT2D eigenvalue weighted by Crippen LogP contribution is -2.41. The first-order valence-corrected chi connectivity index (χ1v) is 8.46. The predicted molar refractivity (Wildman–Crippen MR) is 81.3 cm³/mol. The van der Waals surface area contributed by atoms with Gasteiger partial charge in [0.1, 0.15) is 0 Å². The Kier molecular flexibility index (Phi) is 5.67. The number of nitrogens with one attached hydrogen (secondary N) is 1.